The predicted molar refractivity (Wildman–Crippen MR) is 80.6 cm³/mol. The van der Waals surface area contributed by atoms with Gasteiger partial charge in [-0.2, -0.15) is 5.10 Å². The fourth-order valence-corrected chi connectivity index (χ4v) is 2.82. The normalized spacial score (nSPS) is 10.7. The van der Waals surface area contributed by atoms with Crippen LogP contribution in [0.4, 0.5) is 5.13 Å². The molecule has 20 heavy (non-hydrogen) atoms. The van der Waals surface area contributed by atoms with Crippen molar-refractivity contribution in [1.29, 1.82) is 0 Å². The molecule has 0 amide bonds. The van der Waals surface area contributed by atoms with Gasteiger partial charge in [0.25, 0.3) is 5.56 Å². The lowest BCUT2D eigenvalue weighted by Gasteiger charge is -2.04. The van der Waals surface area contributed by atoms with Crippen LogP contribution in [0.3, 0.4) is 0 Å². The molecule has 0 unspecified atom stereocenters. The fourth-order valence-electron chi connectivity index (χ4n) is 2.00. The number of hydrogen-bond acceptors (Lipinski definition) is 5. The highest BCUT2D eigenvalue weighted by Crippen LogP contribution is 2.37. The maximum Gasteiger partial charge on any atom is 0.264 e. The van der Waals surface area contributed by atoms with Gasteiger partial charge in [0.2, 0.25) is 0 Å². The van der Waals surface area contributed by atoms with Gasteiger partial charge in [-0.25, -0.2) is 10.1 Å². The van der Waals surface area contributed by atoms with E-state index in [1.54, 1.807) is 6.07 Å². The molecule has 0 saturated carbocycles. The molecule has 3 aromatic rings. The average molecular weight is 284 g/mol. The molecule has 3 rings (SSSR count). The SMILES string of the molecule is Cc1ccccc1-c1nc(N)sc1-c1ccc(=O)[nH]n1. The third kappa shape index (κ3) is 2.21. The Morgan fingerprint density at radius 3 is 2.70 bits per heavy atom. The number of aromatic amines is 1. The molecule has 0 spiro atoms. The molecule has 0 bridgehead atoms. The maximum absolute atomic E-state index is 11.1. The molecular formula is C14H12N4OS. The van der Waals surface area contributed by atoms with E-state index >= 15 is 0 Å². The van der Waals surface area contributed by atoms with Crippen molar-refractivity contribution in [2.75, 3.05) is 5.73 Å². The standard InChI is InChI=1S/C14H12N4OS/c1-8-4-2-3-5-9(8)12-13(20-14(15)16-12)10-6-7-11(19)18-17-10/h2-7H,1H3,(H2,15,16)(H,18,19). The number of thiazole rings is 1. The van der Waals surface area contributed by atoms with E-state index in [1.807, 2.05) is 31.2 Å². The van der Waals surface area contributed by atoms with Gasteiger partial charge in [-0.05, 0) is 18.6 Å². The number of nitrogens with two attached hydrogens (primary N) is 1. The number of aryl methyl sites for hydroxylation is 1. The number of benzene rings is 1. The van der Waals surface area contributed by atoms with E-state index in [4.69, 9.17) is 5.73 Å². The summed E-state index contributed by atoms with van der Waals surface area (Å²) in [4.78, 5) is 16.4. The summed E-state index contributed by atoms with van der Waals surface area (Å²) in [5.74, 6) is 0. The molecule has 0 saturated heterocycles. The van der Waals surface area contributed by atoms with Crippen molar-refractivity contribution in [2.45, 2.75) is 6.92 Å². The fraction of sp³-hybridized carbons (Fsp3) is 0.0714. The van der Waals surface area contributed by atoms with Crippen LogP contribution in [0.15, 0.2) is 41.2 Å². The topological polar surface area (TPSA) is 84.7 Å². The quantitative estimate of drug-likeness (QED) is 0.757. The first-order chi connectivity index (χ1) is 9.65. The highest BCUT2D eigenvalue weighted by molar-refractivity contribution is 7.19. The lowest BCUT2D eigenvalue weighted by molar-refractivity contribution is 0.997. The summed E-state index contributed by atoms with van der Waals surface area (Å²) in [6.45, 7) is 2.02. The molecule has 0 fully saturated rings. The third-order valence-corrected chi connectivity index (χ3v) is 3.86. The molecule has 1 aromatic carbocycles. The van der Waals surface area contributed by atoms with Gasteiger partial charge in [-0.15, -0.1) is 0 Å². The molecule has 5 nitrogen and oxygen atoms in total. The smallest absolute Gasteiger partial charge is 0.264 e. The number of hydrogen-bond donors (Lipinski definition) is 2. The van der Waals surface area contributed by atoms with E-state index < -0.39 is 0 Å². The van der Waals surface area contributed by atoms with Crippen LogP contribution in [0.25, 0.3) is 21.8 Å². The van der Waals surface area contributed by atoms with Crippen LogP contribution in [0.1, 0.15) is 5.56 Å². The Labute approximate surface area is 119 Å². The Hall–Kier alpha value is -2.47. The number of rotatable bonds is 2. The molecule has 6 heteroatoms. The van der Waals surface area contributed by atoms with Gasteiger partial charge >= 0.3 is 0 Å². The number of anilines is 1. The minimum atomic E-state index is -0.233. The minimum absolute atomic E-state index is 0.233. The molecule has 0 radical (unpaired) electrons. The van der Waals surface area contributed by atoms with Gasteiger partial charge in [0.05, 0.1) is 10.6 Å². The first-order valence-electron chi connectivity index (χ1n) is 6.03. The Bertz CT molecular complexity index is 802. The van der Waals surface area contributed by atoms with Crippen molar-refractivity contribution in [1.82, 2.24) is 15.2 Å². The van der Waals surface area contributed by atoms with Crippen molar-refractivity contribution >= 4 is 16.5 Å². The van der Waals surface area contributed by atoms with Crippen molar-refractivity contribution in [3.05, 3.63) is 52.3 Å². The summed E-state index contributed by atoms with van der Waals surface area (Å²) in [5.41, 5.74) is 9.20. The zero-order valence-electron chi connectivity index (χ0n) is 10.8. The van der Waals surface area contributed by atoms with E-state index in [0.29, 0.717) is 10.8 Å². The summed E-state index contributed by atoms with van der Waals surface area (Å²) < 4.78 is 0. The summed E-state index contributed by atoms with van der Waals surface area (Å²) >= 11 is 1.36. The highest BCUT2D eigenvalue weighted by atomic mass is 32.1. The maximum atomic E-state index is 11.1. The van der Waals surface area contributed by atoms with E-state index in [-0.39, 0.29) is 5.56 Å². The van der Waals surface area contributed by atoms with E-state index in [0.717, 1.165) is 21.7 Å². The molecular weight excluding hydrogens is 272 g/mol. The number of aromatic nitrogens is 3. The summed E-state index contributed by atoms with van der Waals surface area (Å²) in [7, 11) is 0. The zero-order chi connectivity index (χ0) is 14.1. The van der Waals surface area contributed by atoms with Crippen LogP contribution < -0.4 is 11.3 Å². The lowest BCUT2D eigenvalue weighted by atomic mass is 10.0. The number of nitrogen functional groups attached to an aromatic ring is 1. The van der Waals surface area contributed by atoms with Gasteiger partial charge in [-0.1, -0.05) is 35.6 Å². The molecule has 2 aromatic heterocycles. The number of H-pyrrole nitrogens is 1. The largest absolute Gasteiger partial charge is 0.375 e. The molecule has 0 atom stereocenters. The Kier molecular flexibility index (Phi) is 3.08. The van der Waals surface area contributed by atoms with Crippen LogP contribution in [-0.2, 0) is 0 Å². The molecule has 0 aliphatic carbocycles. The second-order valence-electron chi connectivity index (χ2n) is 4.35. The van der Waals surface area contributed by atoms with E-state index in [1.165, 1.54) is 17.4 Å². The van der Waals surface area contributed by atoms with Crippen molar-refractivity contribution in [3.8, 4) is 21.8 Å². The Balaban J connectivity index is 2.21. The molecule has 3 N–H and O–H groups in total. The average Bonchev–Trinajstić information content (AvgIpc) is 2.82. The van der Waals surface area contributed by atoms with Crippen LogP contribution >= 0.6 is 11.3 Å². The summed E-state index contributed by atoms with van der Waals surface area (Å²) in [5, 5.41) is 6.97. The van der Waals surface area contributed by atoms with E-state index in [9.17, 15) is 4.79 Å². The van der Waals surface area contributed by atoms with Gasteiger partial charge in [0.1, 0.15) is 5.69 Å². The second-order valence-corrected chi connectivity index (χ2v) is 5.38. The van der Waals surface area contributed by atoms with Crippen LogP contribution in [0, 0.1) is 6.92 Å². The van der Waals surface area contributed by atoms with Gasteiger partial charge < -0.3 is 5.73 Å². The summed E-state index contributed by atoms with van der Waals surface area (Å²) in [6.07, 6.45) is 0. The molecule has 0 aliphatic rings. The lowest BCUT2D eigenvalue weighted by Crippen LogP contribution is -2.05. The summed E-state index contributed by atoms with van der Waals surface area (Å²) in [6, 6.07) is 11.1. The Morgan fingerprint density at radius 2 is 2.00 bits per heavy atom. The van der Waals surface area contributed by atoms with Crippen LogP contribution in [0.5, 0.6) is 0 Å². The molecule has 0 aliphatic heterocycles. The highest BCUT2D eigenvalue weighted by Gasteiger charge is 2.16. The van der Waals surface area contributed by atoms with Gasteiger partial charge in [0, 0.05) is 11.6 Å². The van der Waals surface area contributed by atoms with Gasteiger partial charge in [-0.3, -0.25) is 4.79 Å². The van der Waals surface area contributed by atoms with Gasteiger partial charge in [0.15, 0.2) is 5.13 Å². The predicted octanol–water partition coefficient (Wildman–Crippen LogP) is 2.45. The zero-order valence-corrected chi connectivity index (χ0v) is 11.6. The third-order valence-electron chi connectivity index (χ3n) is 2.96. The van der Waals surface area contributed by atoms with Crippen LogP contribution in [0.2, 0.25) is 0 Å². The number of nitrogens with one attached hydrogen (secondary N) is 1. The Morgan fingerprint density at radius 1 is 1.20 bits per heavy atom. The molecule has 2 heterocycles. The van der Waals surface area contributed by atoms with Crippen LogP contribution in [-0.4, -0.2) is 15.2 Å². The van der Waals surface area contributed by atoms with Crippen molar-refractivity contribution < 1.29 is 0 Å². The van der Waals surface area contributed by atoms with E-state index in [2.05, 4.69) is 15.2 Å². The first-order valence-corrected chi connectivity index (χ1v) is 6.85. The minimum Gasteiger partial charge on any atom is -0.375 e. The monoisotopic (exact) mass is 284 g/mol. The van der Waals surface area contributed by atoms with Crippen molar-refractivity contribution in [3.63, 3.8) is 0 Å². The van der Waals surface area contributed by atoms with Crippen molar-refractivity contribution in [2.24, 2.45) is 0 Å². The number of nitrogens with zero attached hydrogens (tertiary/aromatic N) is 2. The first kappa shape index (κ1) is 12.6. The second kappa shape index (κ2) is 4.90. The molecule has 100 valence electrons.